The SMILES string of the molecule is O=C(Nc1ccc2c(c1)OCCO2)N1C=CC(C(F)(F)F)=NCC1. The number of aliphatic imine (C=N–C) groups is 1. The van der Waals surface area contributed by atoms with Gasteiger partial charge in [-0.25, -0.2) is 4.79 Å². The van der Waals surface area contributed by atoms with Crippen molar-refractivity contribution in [3.05, 3.63) is 30.5 Å². The number of nitrogens with zero attached hydrogens (tertiary/aromatic N) is 2. The zero-order valence-corrected chi connectivity index (χ0v) is 12.5. The van der Waals surface area contributed by atoms with Crippen LogP contribution >= 0.6 is 0 Å². The van der Waals surface area contributed by atoms with E-state index < -0.39 is 17.9 Å². The Balaban J connectivity index is 1.67. The molecule has 0 spiro atoms. The molecule has 0 unspecified atom stereocenters. The number of hydrogen-bond donors (Lipinski definition) is 1. The number of fused-ring (bicyclic) bond motifs is 1. The van der Waals surface area contributed by atoms with Crippen LogP contribution in [0, 0.1) is 0 Å². The molecule has 0 aliphatic carbocycles. The largest absolute Gasteiger partial charge is 0.486 e. The molecule has 2 heterocycles. The lowest BCUT2D eigenvalue weighted by molar-refractivity contribution is -0.0578. The fourth-order valence-corrected chi connectivity index (χ4v) is 2.24. The third-order valence-electron chi connectivity index (χ3n) is 3.38. The second-order valence-electron chi connectivity index (χ2n) is 5.06. The summed E-state index contributed by atoms with van der Waals surface area (Å²) in [7, 11) is 0. The van der Waals surface area contributed by atoms with Gasteiger partial charge in [-0.15, -0.1) is 0 Å². The summed E-state index contributed by atoms with van der Waals surface area (Å²) >= 11 is 0. The molecule has 0 atom stereocenters. The van der Waals surface area contributed by atoms with Crippen molar-refractivity contribution in [3.63, 3.8) is 0 Å². The fraction of sp³-hybridized carbons (Fsp3) is 0.333. The standard InChI is InChI=1S/C15H14F3N3O3/c16-15(17,18)13-3-5-21(6-4-19-13)14(22)20-10-1-2-11-12(9-10)24-8-7-23-11/h1-3,5,9H,4,6-8H2,(H,20,22). The van der Waals surface area contributed by atoms with E-state index in [1.807, 2.05) is 0 Å². The van der Waals surface area contributed by atoms with Crippen LogP contribution in [0.4, 0.5) is 23.7 Å². The Hall–Kier alpha value is -2.71. The maximum Gasteiger partial charge on any atom is 0.432 e. The molecule has 24 heavy (non-hydrogen) atoms. The number of urea groups is 1. The molecule has 2 amide bonds. The first kappa shape index (κ1) is 16.2. The Morgan fingerprint density at radius 3 is 2.71 bits per heavy atom. The van der Waals surface area contributed by atoms with E-state index in [4.69, 9.17) is 9.47 Å². The molecule has 0 bridgehead atoms. The van der Waals surface area contributed by atoms with Gasteiger partial charge in [-0.3, -0.25) is 9.89 Å². The Bertz CT molecular complexity index is 701. The van der Waals surface area contributed by atoms with Crippen LogP contribution in [0.1, 0.15) is 0 Å². The second-order valence-corrected chi connectivity index (χ2v) is 5.06. The van der Waals surface area contributed by atoms with Crippen molar-refractivity contribution >= 4 is 17.4 Å². The van der Waals surface area contributed by atoms with E-state index in [0.717, 1.165) is 17.2 Å². The van der Waals surface area contributed by atoms with Gasteiger partial charge >= 0.3 is 12.2 Å². The number of halogens is 3. The highest BCUT2D eigenvalue weighted by atomic mass is 19.4. The van der Waals surface area contributed by atoms with Gasteiger partial charge in [0.25, 0.3) is 0 Å². The summed E-state index contributed by atoms with van der Waals surface area (Å²) in [6.45, 7) is 0.790. The summed E-state index contributed by atoms with van der Waals surface area (Å²) in [6.07, 6.45) is -2.66. The maximum absolute atomic E-state index is 12.6. The van der Waals surface area contributed by atoms with Crippen LogP contribution in [0.2, 0.25) is 0 Å². The molecule has 2 aliphatic rings. The lowest BCUT2D eigenvalue weighted by atomic mass is 10.2. The van der Waals surface area contributed by atoms with Crippen LogP contribution < -0.4 is 14.8 Å². The van der Waals surface area contributed by atoms with Crippen LogP contribution in [0.5, 0.6) is 11.5 Å². The fourth-order valence-electron chi connectivity index (χ4n) is 2.24. The Labute approximate surface area is 135 Å². The molecule has 1 aromatic carbocycles. The molecule has 0 saturated carbocycles. The average Bonchev–Trinajstić information content (AvgIpc) is 2.80. The monoisotopic (exact) mass is 341 g/mol. The predicted molar refractivity (Wildman–Crippen MR) is 80.7 cm³/mol. The van der Waals surface area contributed by atoms with E-state index >= 15 is 0 Å². The van der Waals surface area contributed by atoms with Gasteiger partial charge in [-0.05, 0) is 18.2 Å². The van der Waals surface area contributed by atoms with Gasteiger partial charge in [-0.1, -0.05) is 0 Å². The quantitative estimate of drug-likeness (QED) is 0.854. The lowest BCUT2D eigenvalue weighted by Gasteiger charge is -2.20. The van der Waals surface area contributed by atoms with Crippen molar-refractivity contribution in [2.45, 2.75) is 6.18 Å². The Kier molecular flexibility index (Phi) is 4.32. The first-order chi connectivity index (χ1) is 11.4. The summed E-state index contributed by atoms with van der Waals surface area (Å²) in [5.41, 5.74) is -0.545. The number of ether oxygens (including phenoxy) is 2. The third kappa shape index (κ3) is 3.61. The molecule has 0 radical (unpaired) electrons. The van der Waals surface area contributed by atoms with E-state index in [2.05, 4.69) is 10.3 Å². The van der Waals surface area contributed by atoms with Crippen molar-refractivity contribution in [3.8, 4) is 11.5 Å². The smallest absolute Gasteiger partial charge is 0.432 e. The zero-order chi connectivity index (χ0) is 17.2. The highest BCUT2D eigenvalue weighted by Crippen LogP contribution is 2.32. The molecule has 9 heteroatoms. The van der Waals surface area contributed by atoms with Crippen molar-refractivity contribution in [1.29, 1.82) is 0 Å². The number of hydrogen-bond acceptors (Lipinski definition) is 4. The number of carbonyl (C=O) groups is 1. The summed E-state index contributed by atoms with van der Waals surface area (Å²) < 4.78 is 48.7. The van der Waals surface area contributed by atoms with Crippen LogP contribution in [-0.2, 0) is 0 Å². The summed E-state index contributed by atoms with van der Waals surface area (Å²) in [5, 5.41) is 2.61. The van der Waals surface area contributed by atoms with Crippen LogP contribution in [-0.4, -0.2) is 49.1 Å². The van der Waals surface area contributed by atoms with Crippen molar-refractivity contribution in [1.82, 2.24) is 4.90 Å². The topological polar surface area (TPSA) is 63.2 Å². The normalized spacial score (nSPS) is 17.1. The number of amides is 2. The molecule has 0 saturated heterocycles. The number of anilines is 1. The van der Waals surface area contributed by atoms with Gasteiger partial charge in [0.05, 0.1) is 6.54 Å². The molecule has 0 aromatic heterocycles. The number of benzene rings is 1. The molecular formula is C15H14F3N3O3. The molecule has 1 aromatic rings. The first-order valence-corrected chi connectivity index (χ1v) is 7.20. The Morgan fingerprint density at radius 2 is 1.96 bits per heavy atom. The molecule has 1 N–H and O–H groups in total. The van der Waals surface area contributed by atoms with Crippen LogP contribution in [0.25, 0.3) is 0 Å². The van der Waals surface area contributed by atoms with Gasteiger partial charge in [-0.2, -0.15) is 13.2 Å². The van der Waals surface area contributed by atoms with Gasteiger partial charge in [0.15, 0.2) is 11.5 Å². The molecule has 128 valence electrons. The van der Waals surface area contributed by atoms with Crippen LogP contribution in [0.3, 0.4) is 0 Å². The average molecular weight is 341 g/mol. The van der Waals surface area contributed by atoms with E-state index in [-0.39, 0.29) is 13.1 Å². The van der Waals surface area contributed by atoms with Gasteiger partial charge in [0.2, 0.25) is 0 Å². The second kappa shape index (κ2) is 6.42. The predicted octanol–water partition coefficient (Wildman–Crippen LogP) is 2.82. The van der Waals surface area contributed by atoms with Crippen LogP contribution in [0.15, 0.2) is 35.5 Å². The third-order valence-corrected chi connectivity index (χ3v) is 3.38. The van der Waals surface area contributed by atoms with Crippen molar-refractivity contribution in [2.75, 3.05) is 31.6 Å². The minimum absolute atomic E-state index is 0.0481. The van der Waals surface area contributed by atoms with E-state index in [1.165, 1.54) is 0 Å². The van der Waals surface area contributed by atoms with Gasteiger partial charge in [0, 0.05) is 24.5 Å². The van der Waals surface area contributed by atoms with E-state index in [1.54, 1.807) is 18.2 Å². The molecule has 0 fully saturated rings. The summed E-state index contributed by atoms with van der Waals surface area (Å²) in [6, 6.07) is 4.34. The molecule has 6 nitrogen and oxygen atoms in total. The number of carbonyl (C=O) groups excluding carboxylic acids is 1. The molecular weight excluding hydrogens is 327 g/mol. The maximum atomic E-state index is 12.6. The molecule has 2 aliphatic heterocycles. The van der Waals surface area contributed by atoms with Gasteiger partial charge in [0.1, 0.15) is 18.9 Å². The summed E-state index contributed by atoms with van der Waals surface area (Å²) in [4.78, 5) is 16.8. The number of rotatable bonds is 1. The van der Waals surface area contributed by atoms with Crippen molar-refractivity contribution in [2.24, 2.45) is 4.99 Å². The minimum atomic E-state index is -4.53. The highest BCUT2D eigenvalue weighted by Gasteiger charge is 2.34. The number of alkyl halides is 3. The lowest BCUT2D eigenvalue weighted by Crippen LogP contribution is -2.32. The first-order valence-electron chi connectivity index (χ1n) is 7.20. The minimum Gasteiger partial charge on any atom is -0.486 e. The summed E-state index contributed by atoms with van der Waals surface area (Å²) in [5.74, 6) is 1.09. The molecule has 3 rings (SSSR count). The highest BCUT2D eigenvalue weighted by molar-refractivity contribution is 6.00. The van der Waals surface area contributed by atoms with E-state index in [9.17, 15) is 18.0 Å². The van der Waals surface area contributed by atoms with Gasteiger partial charge < -0.3 is 14.8 Å². The van der Waals surface area contributed by atoms with Crippen molar-refractivity contribution < 1.29 is 27.4 Å². The van der Waals surface area contributed by atoms with E-state index in [0.29, 0.717) is 30.4 Å². The number of allylic oxidation sites excluding steroid dienone is 1. The Morgan fingerprint density at radius 1 is 1.21 bits per heavy atom. The number of nitrogens with one attached hydrogen (secondary N) is 1. The zero-order valence-electron chi connectivity index (χ0n) is 12.5.